The van der Waals surface area contributed by atoms with Crippen LogP contribution in [0.25, 0.3) is 10.9 Å². The maximum Gasteiger partial charge on any atom is 0.257 e. The van der Waals surface area contributed by atoms with E-state index in [4.69, 9.17) is 9.47 Å². The molecule has 2 aromatic carbocycles. The van der Waals surface area contributed by atoms with Gasteiger partial charge in [-0.1, -0.05) is 6.07 Å². The van der Waals surface area contributed by atoms with Crippen LogP contribution in [0.5, 0.6) is 11.5 Å². The molecule has 6 nitrogen and oxygen atoms in total. The van der Waals surface area contributed by atoms with Gasteiger partial charge in [0.25, 0.3) is 5.91 Å². The Morgan fingerprint density at radius 3 is 2.59 bits per heavy atom. The molecule has 1 N–H and O–H groups in total. The molecule has 1 fully saturated rings. The monoisotopic (exact) mass is 455 g/mol. The van der Waals surface area contributed by atoms with Gasteiger partial charge in [-0.15, -0.1) is 0 Å². The van der Waals surface area contributed by atoms with Crippen LogP contribution in [0.2, 0.25) is 0 Å². The predicted octanol–water partition coefficient (Wildman–Crippen LogP) is 4.75. The minimum absolute atomic E-state index is 0.0917. The van der Waals surface area contributed by atoms with Crippen LogP contribution >= 0.6 is 11.8 Å². The minimum atomic E-state index is -0.375. The second-order valence-electron chi connectivity index (χ2n) is 7.59. The molecule has 4 rings (SSSR count). The standard InChI is InChI=1S/C24H26FN3O3S/c1-15(16-4-7-21(30-2)22(12-16)31-3)27-23-18-13-17(25)5-6-20(18)26-14-19(23)24(29)28-8-10-32-11-9-28/h4-7,12-15H,8-11H2,1-3H3,(H,26,27)/t15-/m0/s1. The van der Waals surface area contributed by atoms with Crippen LogP contribution < -0.4 is 14.8 Å². The van der Waals surface area contributed by atoms with Gasteiger partial charge in [0.1, 0.15) is 5.82 Å². The van der Waals surface area contributed by atoms with Crippen LogP contribution in [0, 0.1) is 5.82 Å². The number of hydrogen-bond acceptors (Lipinski definition) is 6. The average Bonchev–Trinajstić information content (AvgIpc) is 2.83. The van der Waals surface area contributed by atoms with Crippen LogP contribution in [-0.4, -0.2) is 54.6 Å². The fraction of sp³-hybridized carbons (Fsp3) is 0.333. The molecule has 0 unspecified atom stereocenters. The molecule has 0 radical (unpaired) electrons. The molecule has 168 valence electrons. The van der Waals surface area contributed by atoms with Crippen molar-refractivity contribution in [2.75, 3.05) is 44.1 Å². The maximum absolute atomic E-state index is 14.2. The van der Waals surface area contributed by atoms with E-state index in [9.17, 15) is 9.18 Å². The second-order valence-corrected chi connectivity index (χ2v) is 8.82. The number of nitrogens with zero attached hydrogens (tertiary/aromatic N) is 2. The first-order chi connectivity index (χ1) is 15.5. The molecule has 0 spiro atoms. The quantitative estimate of drug-likeness (QED) is 0.579. The van der Waals surface area contributed by atoms with E-state index in [0.717, 1.165) is 17.1 Å². The summed E-state index contributed by atoms with van der Waals surface area (Å²) in [6, 6.07) is 9.91. The zero-order chi connectivity index (χ0) is 22.7. The molecule has 1 atom stereocenters. The zero-order valence-electron chi connectivity index (χ0n) is 18.4. The number of aromatic nitrogens is 1. The van der Waals surface area contributed by atoms with Gasteiger partial charge >= 0.3 is 0 Å². The summed E-state index contributed by atoms with van der Waals surface area (Å²) in [6.45, 7) is 3.36. The molecule has 8 heteroatoms. The lowest BCUT2D eigenvalue weighted by molar-refractivity contribution is 0.0773. The lowest BCUT2D eigenvalue weighted by Crippen LogP contribution is -2.38. The lowest BCUT2D eigenvalue weighted by atomic mass is 10.0. The summed E-state index contributed by atoms with van der Waals surface area (Å²) < 4.78 is 24.9. The summed E-state index contributed by atoms with van der Waals surface area (Å²) in [5.41, 5.74) is 2.60. The van der Waals surface area contributed by atoms with Crippen molar-refractivity contribution in [3.05, 3.63) is 59.5 Å². The number of fused-ring (bicyclic) bond motifs is 1. The summed E-state index contributed by atoms with van der Waals surface area (Å²) >= 11 is 1.84. The molecular weight excluding hydrogens is 429 g/mol. The van der Waals surface area contributed by atoms with Gasteiger partial charge < -0.3 is 19.7 Å². The number of halogens is 1. The number of benzene rings is 2. The van der Waals surface area contributed by atoms with Gasteiger partial charge in [-0.05, 0) is 42.8 Å². The highest BCUT2D eigenvalue weighted by atomic mass is 32.2. The third kappa shape index (κ3) is 4.46. The highest BCUT2D eigenvalue weighted by Gasteiger charge is 2.24. The number of rotatable bonds is 6. The Labute approximate surface area is 191 Å². The molecule has 1 aliphatic heterocycles. The SMILES string of the molecule is COc1ccc([C@H](C)Nc2c(C(=O)N3CCSCC3)cnc3ccc(F)cc23)cc1OC. The number of pyridine rings is 1. The molecule has 1 saturated heterocycles. The molecule has 32 heavy (non-hydrogen) atoms. The summed E-state index contributed by atoms with van der Waals surface area (Å²) in [6.07, 6.45) is 1.59. The van der Waals surface area contributed by atoms with Gasteiger partial charge in [-0.3, -0.25) is 9.78 Å². The predicted molar refractivity (Wildman–Crippen MR) is 127 cm³/mol. The van der Waals surface area contributed by atoms with Gasteiger partial charge in [0.15, 0.2) is 11.5 Å². The number of amides is 1. The minimum Gasteiger partial charge on any atom is -0.493 e. The van der Waals surface area contributed by atoms with Crippen molar-refractivity contribution in [2.24, 2.45) is 0 Å². The Morgan fingerprint density at radius 2 is 1.88 bits per heavy atom. The molecule has 1 amide bonds. The first-order valence-electron chi connectivity index (χ1n) is 10.5. The highest BCUT2D eigenvalue weighted by molar-refractivity contribution is 7.99. The van der Waals surface area contributed by atoms with Crippen LogP contribution in [0.1, 0.15) is 28.9 Å². The maximum atomic E-state index is 14.2. The number of hydrogen-bond donors (Lipinski definition) is 1. The largest absolute Gasteiger partial charge is 0.493 e. The van der Waals surface area contributed by atoms with E-state index in [0.29, 0.717) is 46.7 Å². The number of carbonyl (C=O) groups excluding carboxylic acids is 1. The van der Waals surface area contributed by atoms with E-state index in [1.165, 1.54) is 12.1 Å². The van der Waals surface area contributed by atoms with Crippen molar-refractivity contribution in [3.8, 4) is 11.5 Å². The summed E-state index contributed by atoms with van der Waals surface area (Å²) in [7, 11) is 3.18. The number of methoxy groups -OCH3 is 2. The number of carbonyl (C=O) groups is 1. The normalized spacial score (nSPS) is 14.8. The van der Waals surface area contributed by atoms with Crippen LogP contribution in [0.3, 0.4) is 0 Å². The second kappa shape index (κ2) is 9.65. The summed E-state index contributed by atoms with van der Waals surface area (Å²) in [5, 5.41) is 4.03. The Balaban J connectivity index is 1.75. The van der Waals surface area contributed by atoms with Crippen LogP contribution in [0.4, 0.5) is 10.1 Å². The Bertz CT molecular complexity index is 1130. The third-order valence-electron chi connectivity index (χ3n) is 5.63. The summed E-state index contributed by atoms with van der Waals surface area (Å²) in [4.78, 5) is 19.6. The summed E-state index contributed by atoms with van der Waals surface area (Å²) in [5.74, 6) is 2.61. The van der Waals surface area contributed by atoms with Gasteiger partial charge in [-0.25, -0.2) is 4.39 Å². The van der Waals surface area contributed by atoms with Crippen molar-refractivity contribution >= 4 is 34.3 Å². The average molecular weight is 456 g/mol. The molecule has 2 heterocycles. The Kier molecular flexibility index (Phi) is 6.69. The van der Waals surface area contributed by atoms with Crippen molar-refractivity contribution in [1.29, 1.82) is 0 Å². The highest BCUT2D eigenvalue weighted by Crippen LogP contribution is 2.34. The number of nitrogens with one attached hydrogen (secondary N) is 1. The van der Waals surface area contributed by atoms with Crippen molar-refractivity contribution < 1.29 is 18.7 Å². The molecule has 0 bridgehead atoms. The van der Waals surface area contributed by atoms with E-state index < -0.39 is 0 Å². The number of thioether (sulfide) groups is 1. The smallest absolute Gasteiger partial charge is 0.257 e. The first kappa shape index (κ1) is 22.2. The van der Waals surface area contributed by atoms with E-state index in [-0.39, 0.29) is 17.8 Å². The van der Waals surface area contributed by atoms with Gasteiger partial charge in [0.05, 0.1) is 31.0 Å². The van der Waals surface area contributed by atoms with E-state index in [1.54, 1.807) is 26.5 Å². The van der Waals surface area contributed by atoms with Crippen molar-refractivity contribution in [3.63, 3.8) is 0 Å². The molecule has 0 saturated carbocycles. The Morgan fingerprint density at radius 1 is 1.12 bits per heavy atom. The molecule has 3 aromatic rings. The number of ether oxygens (including phenoxy) is 2. The first-order valence-corrected chi connectivity index (χ1v) is 11.6. The third-order valence-corrected chi connectivity index (χ3v) is 6.57. The fourth-order valence-corrected chi connectivity index (χ4v) is 4.74. The van der Waals surface area contributed by atoms with Crippen molar-refractivity contribution in [2.45, 2.75) is 13.0 Å². The van der Waals surface area contributed by atoms with E-state index >= 15 is 0 Å². The topological polar surface area (TPSA) is 63.7 Å². The zero-order valence-corrected chi connectivity index (χ0v) is 19.2. The van der Waals surface area contributed by atoms with Crippen LogP contribution in [-0.2, 0) is 0 Å². The van der Waals surface area contributed by atoms with Gasteiger partial charge in [0.2, 0.25) is 0 Å². The fourth-order valence-electron chi connectivity index (χ4n) is 3.84. The lowest BCUT2D eigenvalue weighted by Gasteiger charge is -2.28. The van der Waals surface area contributed by atoms with Gasteiger partial charge in [0, 0.05) is 42.2 Å². The Hall–Kier alpha value is -3.00. The van der Waals surface area contributed by atoms with E-state index in [2.05, 4.69) is 10.3 Å². The van der Waals surface area contributed by atoms with Gasteiger partial charge in [-0.2, -0.15) is 11.8 Å². The molecular formula is C24H26FN3O3S. The van der Waals surface area contributed by atoms with Crippen LogP contribution in [0.15, 0.2) is 42.6 Å². The van der Waals surface area contributed by atoms with Crippen molar-refractivity contribution in [1.82, 2.24) is 9.88 Å². The molecule has 0 aliphatic carbocycles. The van der Waals surface area contributed by atoms with E-state index in [1.807, 2.05) is 41.8 Å². The molecule has 1 aromatic heterocycles. The molecule has 1 aliphatic rings. The number of anilines is 1.